The molecule has 1 aliphatic carbocycles. The van der Waals surface area contributed by atoms with Gasteiger partial charge in [0.25, 0.3) is 0 Å². The van der Waals surface area contributed by atoms with Gasteiger partial charge in [-0.3, -0.25) is 4.90 Å². The van der Waals surface area contributed by atoms with Gasteiger partial charge in [-0.2, -0.15) is 0 Å². The number of amides is 2. The van der Waals surface area contributed by atoms with E-state index in [9.17, 15) is 13.2 Å². The van der Waals surface area contributed by atoms with E-state index in [0.717, 1.165) is 17.8 Å². The van der Waals surface area contributed by atoms with Gasteiger partial charge in [0.15, 0.2) is 0 Å². The molecule has 1 aliphatic heterocycles. The number of nitrogens with zero attached hydrogens (tertiary/aromatic N) is 3. The second kappa shape index (κ2) is 9.91. The second-order valence-electron chi connectivity index (χ2n) is 8.30. The zero-order chi connectivity index (χ0) is 20.9. The minimum absolute atomic E-state index is 0.159. The number of sulfonamides is 1. The molecule has 0 aromatic heterocycles. The van der Waals surface area contributed by atoms with Crippen LogP contribution in [0, 0.1) is 0 Å². The molecule has 1 aromatic carbocycles. The van der Waals surface area contributed by atoms with Crippen LogP contribution in [0.15, 0.2) is 24.3 Å². The molecular weight excluding hydrogens is 388 g/mol. The fourth-order valence-corrected chi connectivity index (χ4v) is 5.20. The van der Waals surface area contributed by atoms with Crippen molar-refractivity contribution in [2.24, 2.45) is 0 Å². The number of hydrogen-bond acceptors (Lipinski definition) is 4. The molecule has 3 rings (SSSR count). The molecule has 0 bridgehead atoms. The van der Waals surface area contributed by atoms with Crippen molar-refractivity contribution in [3.8, 4) is 0 Å². The summed E-state index contributed by atoms with van der Waals surface area (Å²) in [5.41, 5.74) is 1.95. The summed E-state index contributed by atoms with van der Waals surface area (Å²) in [4.78, 5) is 17.0. The molecule has 0 radical (unpaired) electrons. The molecule has 0 atom stereocenters. The summed E-state index contributed by atoms with van der Waals surface area (Å²) in [7, 11) is -1.05. The standard InChI is InChI=1S/C21H34N4O3S/c1-23(19-10-4-3-5-11-19)17-18-9-6-7-12-20(18)22-21(26)24-13-8-14-25(16-15-24)29(2,27)28/h6-7,9,12,19H,3-5,8,10-11,13-17H2,1-2H3,(H,22,26). The zero-order valence-electron chi connectivity index (χ0n) is 17.6. The Balaban J connectivity index is 1.62. The monoisotopic (exact) mass is 422 g/mol. The second-order valence-corrected chi connectivity index (χ2v) is 10.3. The molecule has 1 saturated heterocycles. The predicted molar refractivity (Wildman–Crippen MR) is 116 cm³/mol. The van der Waals surface area contributed by atoms with E-state index in [4.69, 9.17) is 0 Å². The maximum atomic E-state index is 12.8. The van der Waals surface area contributed by atoms with Gasteiger partial charge >= 0.3 is 6.03 Å². The van der Waals surface area contributed by atoms with Crippen LogP contribution in [-0.2, 0) is 16.6 Å². The van der Waals surface area contributed by atoms with E-state index in [1.54, 1.807) is 4.90 Å². The quantitative estimate of drug-likeness (QED) is 0.792. The summed E-state index contributed by atoms with van der Waals surface area (Å²) in [5, 5.41) is 3.06. The minimum atomic E-state index is -3.22. The minimum Gasteiger partial charge on any atom is -0.323 e. The van der Waals surface area contributed by atoms with Crippen molar-refractivity contribution >= 4 is 21.7 Å². The molecule has 8 heteroatoms. The van der Waals surface area contributed by atoms with Crippen LogP contribution in [0.1, 0.15) is 44.1 Å². The topological polar surface area (TPSA) is 73.0 Å². The summed E-state index contributed by atoms with van der Waals surface area (Å²) in [6, 6.07) is 8.42. The lowest BCUT2D eigenvalue weighted by atomic mass is 9.94. The van der Waals surface area contributed by atoms with Crippen molar-refractivity contribution in [2.45, 2.75) is 51.1 Å². The molecule has 1 aromatic rings. The molecular formula is C21H34N4O3S. The Kier molecular flexibility index (Phi) is 7.54. The molecule has 1 saturated carbocycles. The predicted octanol–water partition coefficient (Wildman–Crippen LogP) is 2.95. The third-order valence-electron chi connectivity index (χ3n) is 6.09. The van der Waals surface area contributed by atoms with Crippen molar-refractivity contribution in [3.63, 3.8) is 0 Å². The highest BCUT2D eigenvalue weighted by atomic mass is 32.2. The van der Waals surface area contributed by atoms with Gasteiger partial charge in [-0.05, 0) is 37.9 Å². The number of rotatable bonds is 5. The van der Waals surface area contributed by atoms with Crippen LogP contribution in [0.3, 0.4) is 0 Å². The number of urea groups is 1. The first kappa shape index (κ1) is 22.1. The van der Waals surface area contributed by atoms with Crippen LogP contribution in [0.25, 0.3) is 0 Å². The number of anilines is 1. The van der Waals surface area contributed by atoms with Crippen molar-refractivity contribution in [1.82, 2.24) is 14.1 Å². The molecule has 162 valence electrons. The van der Waals surface area contributed by atoms with Crippen molar-refractivity contribution in [3.05, 3.63) is 29.8 Å². The zero-order valence-corrected chi connectivity index (χ0v) is 18.5. The average Bonchev–Trinajstić information content (AvgIpc) is 2.96. The van der Waals surface area contributed by atoms with E-state index in [0.29, 0.717) is 38.6 Å². The van der Waals surface area contributed by atoms with Crippen molar-refractivity contribution in [2.75, 3.05) is 44.8 Å². The van der Waals surface area contributed by atoms with Gasteiger partial charge in [0.05, 0.1) is 6.26 Å². The van der Waals surface area contributed by atoms with Crippen LogP contribution in [0.2, 0.25) is 0 Å². The molecule has 1 N–H and O–H groups in total. The van der Waals surface area contributed by atoms with Gasteiger partial charge in [-0.1, -0.05) is 37.5 Å². The van der Waals surface area contributed by atoms with Crippen molar-refractivity contribution < 1.29 is 13.2 Å². The molecule has 0 unspecified atom stereocenters. The molecule has 2 fully saturated rings. The highest BCUT2D eigenvalue weighted by Crippen LogP contribution is 2.25. The smallest absolute Gasteiger partial charge is 0.321 e. The van der Waals surface area contributed by atoms with E-state index in [2.05, 4.69) is 23.3 Å². The van der Waals surface area contributed by atoms with Crippen LogP contribution < -0.4 is 5.32 Å². The Labute approximate surface area is 175 Å². The molecule has 7 nitrogen and oxygen atoms in total. The molecule has 2 aliphatic rings. The third kappa shape index (κ3) is 6.17. The Morgan fingerprint density at radius 1 is 1.07 bits per heavy atom. The number of carbonyl (C=O) groups excluding carboxylic acids is 1. The molecule has 29 heavy (non-hydrogen) atoms. The lowest BCUT2D eigenvalue weighted by molar-refractivity contribution is 0.184. The lowest BCUT2D eigenvalue weighted by Gasteiger charge is -2.31. The number of benzene rings is 1. The lowest BCUT2D eigenvalue weighted by Crippen LogP contribution is -2.39. The third-order valence-corrected chi connectivity index (χ3v) is 7.39. The fraction of sp³-hybridized carbons (Fsp3) is 0.667. The first-order valence-corrected chi connectivity index (χ1v) is 12.5. The van der Waals surface area contributed by atoms with Gasteiger partial charge in [0.2, 0.25) is 10.0 Å². The first-order valence-electron chi connectivity index (χ1n) is 10.6. The maximum Gasteiger partial charge on any atom is 0.321 e. The Morgan fingerprint density at radius 3 is 2.52 bits per heavy atom. The van der Waals surface area contributed by atoms with Gasteiger partial charge < -0.3 is 10.2 Å². The first-order chi connectivity index (χ1) is 13.8. The average molecular weight is 423 g/mol. The number of hydrogen-bond donors (Lipinski definition) is 1. The summed E-state index contributed by atoms with van der Waals surface area (Å²) in [6.45, 7) is 2.58. The van der Waals surface area contributed by atoms with E-state index >= 15 is 0 Å². The van der Waals surface area contributed by atoms with E-state index in [1.165, 1.54) is 42.7 Å². The normalized spacial score (nSPS) is 19.9. The van der Waals surface area contributed by atoms with Gasteiger partial charge in [-0.15, -0.1) is 0 Å². The fourth-order valence-electron chi connectivity index (χ4n) is 4.32. The SMILES string of the molecule is CN(Cc1ccccc1NC(=O)N1CCCN(S(C)(=O)=O)CC1)C1CCCCC1. The summed E-state index contributed by atoms with van der Waals surface area (Å²) < 4.78 is 25.0. The van der Waals surface area contributed by atoms with Crippen LogP contribution >= 0.6 is 0 Å². The molecule has 2 amide bonds. The highest BCUT2D eigenvalue weighted by Gasteiger charge is 2.24. The van der Waals surface area contributed by atoms with E-state index < -0.39 is 10.0 Å². The van der Waals surface area contributed by atoms with Crippen molar-refractivity contribution in [1.29, 1.82) is 0 Å². The Morgan fingerprint density at radius 2 is 1.79 bits per heavy atom. The Hall–Kier alpha value is -1.64. The summed E-state index contributed by atoms with van der Waals surface area (Å²) in [6.07, 6.45) is 8.29. The highest BCUT2D eigenvalue weighted by molar-refractivity contribution is 7.88. The number of nitrogens with one attached hydrogen (secondary N) is 1. The number of carbonyl (C=O) groups is 1. The van der Waals surface area contributed by atoms with Gasteiger partial charge in [0.1, 0.15) is 0 Å². The molecule has 1 heterocycles. The van der Waals surface area contributed by atoms with Crippen LogP contribution in [0.5, 0.6) is 0 Å². The van der Waals surface area contributed by atoms with Gasteiger partial charge in [0, 0.05) is 44.5 Å². The maximum absolute atomic E-state index is 12.8. The van der Waals surface area contributed by atoms with E-state index in [1.807, 2.05) is 18.2 Å². The Bertz CT molecular complexity index is 793. The van der Waals surface area contributed by atoms with Crippen LogP contribution in [-0.4, -0.2) is 74.1 Å². The largest absolute Gasteiger partial charge is 0.323 e. The summed E-state index contributed by atoms with van der Waals surface area (Å²) in [5.74, 6) is 0. The molecule has 0 spiro atoms. The summed E-state index contributed by atoms with van der Waals surface area (Å²) >= 11 is 0. The van der Waals surface area contributed by atoms with Gasteiger partial charge in [-0.25, -0.2) is 17.5 Å². The van der Waals surface area contributed by atoms with Crippen LogP contribution in [0.4, 0.5) is 10.5 Å². The van der Waals surface area contributed by atoms with E-state index in [-0.39, 0.29) is 6.03 Å². The number of para-hydroxylation sites is 1.